The van der Waals surface area contributed by atoms with Gasteiger partial charge in [0.05, 0.1) is 4.92 Å². The molecule has 1 heterocycles. The van der Waals surface area contributed by atoms with E-state index in [1.807, 2.05) is 7.05 Å². The van der Waals surface area contributed by atoms with Crippen LogP contribution in [0.1, 0.15) is 24.8 Å². The molecule has 1 aromatic carbocycles. The molecule has 1 unspecified atom stereocenters. The summed E-state index contributed by atoms with van der Waals surface area (Å²) in [6, 6.07) is 4.95. The van der Waals surface area contributed by atoms with Crippen molar-refractivity contribution in [2.45, 2.75) is 25.8 Å². The Hall–Kier alpha value is -1.66. The number of nitrogens with one attached hydrogen (secondary N) is 1. The summed E-state index contributed by atoms with van der Waals surface area (Å²) in [6.45, 7) is 2.90. The highest BCUT2D eigenvalue weighted by Crippen LogP contribution is 2.26. The molecule has 0 radical (unpaired) electrons. The lowest BCUT2D eigenvalue weighted by Gasteiger charge is -2.32. The van der Waals surface area contributed by atoms with Crippen molar-refractivity contribution in [3.05, 3.63) is 33.9 Å². The van der Waals surface area contributed by atoms with Crippen LogP contribution in [0.15, 0.2) is 18.2 Å². The number of nitro groups is 1. The quantitative estimate of drug-likeness (QED) is 0.621. The largest absolute Gasteiger partial charge is 0.396 e. The number of nitro benzene ring substituents is 1. The Kier molecular flexibility index (Phi) is 5.52. The fraction of sp³-hybridized carbons (Fsp3) is 0.600. The molecule has 1 aliphatic heterocycles. The summed E-state index contributed by atoms with van der Waals surface area (Å²) in [5.74, 6) is 0.528. The first kappa shape index (κ1) is 15.7. The third kappa shape index (κ3) is 4.15. The van der Waals surface area contributed by atoms with Crippen LogP contribution in [-0.2, 0) is 6.54 Å². The number of aliphatic hydroxyl groups is 1. The van der Waals surface area contributed by atoms with E-state index in [2.05, 4.69) is 10.2 Å². The lowest BCUT2D eigenvalue weighted by Crippen LogP contribution is -2.35. The van der Waals surface area contributed by atoms with Gasteiger partial charge in [-0.2, -0.15) is 0 Å². The Bertz CT molecular complexity index is 491. The van der Waals surface area contributed by atoms with Gasteiger partial charge in [0.1, 0.15) is 0 Å². The molecule has 1 atom stereocenters. The van der Waals surface area contributed by atoms with Crippen molar-refractivity contribution in [3.8, 4) is 0 Å². The zero-order valence-electron chi connectivity index (χ0n) is 12.4. The lowest BCUT2D eigenvalue weighted by molar-refractivity contribution is -0.384. The maximum absolute atomic E-state index is 10.9. The summed E-state index contributed by atoms with van der Waals surface area (Å²) in [7, 11) is 1.83. The summed E-state index contributed by atoms with van der Waals surface area (Å²) < 4.78 is 0. The molecule has 1 aliphatic rings. The van der Waals surface area contributed by atoms with Gasteiger partial charge in [-0.1, -0.05) is 0 Å². The van der Waals surface area contributed by atoms with Gasteiger partial charge in [-0.25, -0.2) is 0 Å². The van der Waals surface area contributed by atoms with E-state index in [1.165, 1.54) is 6.07 Å². The molecule has 0 aliphatic carbocycles. The number of anilines is 1. The summed E-state index contributed by atoms with van der Waals surface area (Å²) in [5.41, 5.74) is 2.02. The second-order valence-electron chi connectivity index (χ2n) is 5.60. The minimum atomic E-state index is -0.353. The molecule has 1 aromatic rings. The molecule has 0 aromatic heterocycles. The van der Waals surface area contributed by atoms with E-state index in [-0.39, 0.29) is 17.2 Å². The minimum Gasteiger partial charge on any atom is -0.396 e. The van der Waals surface area contributed by atoms with Crippen LogP contribution < -0.4 is 5.32 Å². The first-order valence-electron chi connectivity index (χ1n) is 7.42. The van der Waals surface area contributed by atoms with Crippen molar-refractivity contribution in [2.24, 2.45) is 5.92 Å². The number of hydrogen-bond donors (Lipinski definition) is 2. The van der Waals surface area contributed by atoms with Crippen LogP contribution in [0.3, 0.4) is 0 Å². The van der Waals surface area contributed by atoms with Gasteiger partial charge in [0.2, 0.25) is 0 Å². The van der Waals surface area contributed by atoms with E-state index >= 15 is 0 Å². The Morgan fingerprint density at radius 1 is 1.52 bits per heavy atom. The monoisotopic (exact) mass is 293 g/mol. The number of hydrogen-bond acceptors (Lipinski definition) is 5. The van der Waals surface area contributed by atoms with Gasteiger partial charge in [-0.15, -0.1) is 0 Å². The maximum atomic E-state index is 10.9. The molecule has 1 fully saturated rings. The van der Waals surface area contributed by atoms with Gasteiger partial charge in [-0.3, -0.25) is 15.0 Å². The summed E-state index contributed by atoms with van der Waals surface area (Å²) in [5, 5.41) is 23.1. The minimum absolute atomic E-state index is 0.132. The van der Waals surface area contributed by atoms with E-state index in [0.717, 1.165) is 43.6 Å². The van der Waals surface area contributed by atoms with Crippen molar-refractivity contribution in [1.82, 2.24) is 4.90 Å². The van der Waals surface area contributed by atoms with Crippen LogP contribution in [-0.4, -0.2) is 41.7 Å². The van der Waals surface area contributed by atoms with E-state index < -0.39 is 0 Å². The summed E-state index contributed by atoms with van der Waals surface area (Å²) in [6.07, 6.45) is 3.11. The Morgan fingerprint density at radius 3 is 3.00 bits per heavy atom. The normalized spacial score (nSPS) is 19.4. The van der Waals surface area contributed by atoms with Gasteiger partial charge < -0.3 is 10.4 Å². The molecule has 6 heteroatoms. The molecule has 2 N–H and O–H groups in total. The molecular formula is C15H23N3O3. The second-order valence-corrected chi connectivity index (χ2v) is 5.60. The number of non-ortho nitro benzene ring substituents is 1. The fourth-order valence-electron chi connectivity index (χ4n) is 3.02. The van der Waals surface area contributed by atoms with Gasteiger partial charge in [-0.05, 0) is 43.4 Å². The average Bonchev–Trinajstić information content (AvgIpc) is 2.48. The predicted molar refractivity (Wildman–Crippen MR) is 82.3 cm³/mol. The van der Waals surface area contributed by atoms with Gasteiger partial charge in [0.25, 0.3) is 5.69 Å². The number of likely N-dealkylation sites (tertiary alicyclic amines) is 1. The van der Waals surface area contributed by atoms with Crippen LogP contribution in [0.5, 0.6) is 0 Å². The van der Waals surface area contributed by atoms with Crippen LogP contribution in [0.25, 0.3) is 0 Å². The van der Waals surface area contributed by atoms with E-state index in [0.29, 0.717) is 12.5 Å². The van der Waals surface area contributed by atoms with E-state index in [4.69, 9.17) is 5.11 Å². The predicted octanol–water partition coefficient (Wildman–Crippen LogP) is 2.23. The van der Waals surface area contributed by atoms with Crippen LogP contribution in [0, 0.1) is 16.0 Å². The van der Waals surface area contributed by atoms with Crippen molar-refractivity contribution >= 4 is 11.4 Å². The number of nitrogens with zero attached hydrogens (tertiary/aromatic N) is 2. The second kappa shape index (κ2) is 7.38. The smallest absolute Gasteiger partial charge is 0.269 e. The third-order valence-electron chi connectivity index (χ3n) is 4.10. The van der Waals surface area contributed by atoms with Crippen molar-refractivity contribution < 1.29 is 10.0 Å². The summed E-state index contributed by atoms with van der Waals surface area (Å²) in [4.78, 5) is 12.9. The van der Waals surface area contributed by atoms with Crippen LogP contribution >= 0.6 is 0 Å². The Balaban J connectivity index is 2.10. The third-order valence-corrected chi connectivity index (χ3v) is 4.10. The average molecular weight is 293 g/mol. The topological polar surface area (TPSA) is 78.6 Å². The number of benzene rings is 1. The number of piperidine rings is 1. The fourth-order valence-corrected chi connectivity index (χ4v) is 3.02. The molecular weight excluding hydrogens is 270 g/mol. The van der Waals surface area contributed by atoms with Crippen molar-refractivity contribution in [2.75, 3.05) is 32.1 Å². The molecule has 1 saturated heterocycles. The molecule has 21 heavy (non-hydrogen) atoms. The van der Waals surface area contributed by atoms with Crippen molar-refractivity contribution in [1.29, 1.82) is 0 Å². The van der Waals surface area contributed by atoms with Crippen LogP contribution in [0.4, 0.5) is 11.4 Å². The molecule has 0 spiro atoms. The number of rotatable bonds is 6. The van der Waals surface area contributed by atoms with Crippen molar-refractivity contribution in [3.63, 3.8) is 0 Å². The highest BCUT2D eigenvalue weighted by molar-refractivity contribution is 5.55. The zero-order chi connectivity index (χ0) is 15.2. The first-order chi connectivity index (χ1) is 10.1. The van der Waals surface area contributed by atoms with Gasteiger partial charge in [0.15, 0.2) is 0 Å². The number of aliphatic hydroxyl groups excluding tert-OH is 1. The van der Waals surface area contributed by atoms with Gasteiger partial charge >= 0.3 is 0 Å². The molecule has 0 bridgehead atoms. The summed E-state index contributed by atoms with van der Waals surface area (Å²) >= 11 is 0. The highest BCUT2D eigenvalue weighted by atomic mass is 16.6. The molecule has 116 valence electrons. The van der Waals surface area contributed by atoms with Gasteiger partial charge in [0, 0.05) is 44.6 Å². The van der Waals surface area contributed by atoms with E-state index in [9.17, 15) is 10.1 Å². The highest BCUT2D eigenvalue weighted by Gasteiger charge is 2.21. The molecule has 2 rings (SSSR count). The molecule has 0 amide bonds. The molecule has 0 saturated carbocycles. The molecule has 6 nitrogen and oxygen atoms in total. The van der Waals surface area contributed by atoms with E-state index in [1.54, 1.807) is 12.1 Å². The maximum Gasteiger partial charge on any atom is 0.269 e. The Labute approximate surface area is 124 Å². The lowest BCUT2D eigenvalue weighted by atomic mass is 9.94. The Morgan fingerprint density at radius 2 is 2.33 bits per heavy atom. The van der Waals surface area contributed by atoms with Crippen LogP contribution in [0.2, 0.25) is 0 Å². The standard InChI is InChI=1S/C15H23N3O3/c1-16-15-5-4-14(18(20)21)9-13(15)11-17-7-2-3-12(10-17)6-8-19/h4-5,9,12,16,19H,2-3,6-8,10-11H2,1H3. The first-order valence-corrected chi connectivity index (χ1v) is 7.42. The SMILES string of the molecule is CNc1ccc([N+](=O)[O-])cc1CN1CCCC(CCO)C1. The zero-order valence-corrected chi connectivity index (χ0v) is 12.4.